The van der Waals surface area contributed by atoms with E-state index in [9.17, 15) is 19.5 Å². The van der Waals surface area contributed by atoms with E-state index in [1.807, 2.05) is 0 Å². The number of nitrogens with one attached hydrogen (secondary N) is 1. The molecule has 0 spiro atoms. The Morgan fingerprint density at radius 3 is 2.72 bits per heavy atom. The van der Waals surface area contributed by atoms with Gasteiger partial charge < -0.3 is 40.0 Å². The summed E-state index contributed by atoms with van der Waals surface area (Å²) < 4.78 is 15.9. The van der Waals surface area contributed by atoms with E-state index >= 15 is 0 Å². The molecule has 3 amide bonds. The van der Waals surface area contributed by atoms with Gasteiger partial charge in [-0.25, -0.2) is 0 Å². The Balaban J connectivity index is 1.28. The predicted molar refractivity (Wildman–Crippen MR) is 128 cm³/mol. The minimum atomic E-state index is -1.77. The summed E-state index contributed by atoms with van der Waals surface area (Å²) in [6, 6.07) is 11.4. The van der Waals surface area contributed by atoms with E-state index < -0.39 is 24.0 Å². The number of aliphatic hydroxyl groups is 1. The van der Waals surface area contributed by atoms with Gasteiger partial charge in [0, 0.05) is 42.6 Å². The van der Waals surface area contributed by atoms with Gasteiger partial charge in [0.15, 0.2) is 23.6 Å². The number of aromatic nitrogens is 1. The second kappa shape index (κ2) is 9.93. The first-order chi connectivity index (χ1) is 17.4. The zero-order valence-corrected chi connectivity index (χ0v) is 19.3. The van der Waals surface area contributed by atoms with E-state index in [0.717, 1.165) is 0 Å². The van der Waals surface area contributed by atoms with Crippen LogP contribution in [0.5, 0.6) is 0 Å². The van der Waals surface area contributed by atoms with Gasteiger partial charge in [-0.1, -0.05) is 11.2 Å². The third-order valence-electron chi connectivity index (χ3n) is 6.15. The number of nitrogens with two attached hydrogens (primary N) is 1. The van der Waals surface area contributed by atoms with Gasteiger partial charge in [-0.15, -0.1) is 0 Å². The fraction of sp³-hybridized carbons (Fsp3) is 0.333. The van der Waals surface area contributed by atoms with Crippen molar-refractivity contribution in [3.8, 4) is 0 Å². The molecule has 0 unspecified atom stereocenters. The SMILES string of the molecule is Nc1noc2cc(NC(=O)[C@H](O)[C@H]3OCCN(c4cccc(C(=O)N5CCOCC5)c4)C3=O)ccc12. The molecule has 2 atom stereocenters. The smallest absolute Gasteiger partial charge is 0.259 e. The Morgan fingerprint density at radius 1 is 1.11 bits per heavy atom. The highest BCUT2D eigenvalue weighted by molar-refractivity contribution is 6.05. The van der Waals surface area contributed by atoms with Gasteiger partial charge in [-0.2, -0.15) is 0 Å². The van der Waals surface area contributed by atoms with Gasteiger partial charge in [-0.05, 0) is 30.3 Å². The average molecular weight is 495 g/mol. The number of carbonyl (C=O) groups excluding carboxylic acids is 3. The highest BCUT2D eigenvalue weighted by Crippen LogP contribution is 2.25. The minimum Gasteiger partial charge on any atom is -0.380 e. The van der Waals surface area contributed by atoms with Crippen LogP contribution < -0.4 is 16.0 Å². The molecular weight excluding hydrogens is 470 g/mol. The largest absolute Gasteiger partial charge is 0.380 e. The number of amides is 3. The van der Waals surface area contributed by atoms with E-state index in [2.05, 4.69) is 10.5 Å². The lowest BCUT2D eigenvalue weighted by atomic mass is 10.1. The molecule has 2 aromatic carbocycles. The number of anilines is 3. The monoisotopic (exact) mass is 495 g/mol. The maximum atomic E-state index is 13.2. The van der Waals surface area contributed by atoms with Crippen LogP contribution in [0.2, 0.25) is 0 Å². The molecule has 0 aliphatic carbocycles. The fourth-order valence-corrected chi connectivity index (χ4v) is 4.23. The lowest BCUT2D eigenvalue weighted by Gasteiger charge is -2.34. The fourth-order valence-electron chi connectivity index (χ4n) is 4.23. The first-order valence-electron chi connectivity index (χ1n) is 11.5. The molecule has 2 fully saturated rings. The molecule has 2 aliphatic rings. The van der Waals surface area contributed by atoms with Gasteiger partial charge in [0.05, 0.1) is 25.2 Å². The quantitative estimate of drug-likeness (QED) is 0.461. The summed E-state index contributed by atoms with van der Waals surface area (Å²) >= 11 is 0. The number of rotatable bonds is 5. The van der Waals surface area contributed by atoms with E-state index in [-0.39, 0.29) is 24.9 Å². The van der Waals surface area contributed by atoms with Crippen molar-refractivity contribution < 1.29 is 33.5 Å². The predicted octanol–water partition coefficient (Wildman–Crippen LogP) is 0.614. The van der Waals surface area contributed by atoms with Crippen molar-refractivity contribution in [2.24, 2.45) is 0 Å². The Hall–Kier alpha value is -4.00. The summed E-state index contributed by atoms with van der Waals surface area (Å²) in [4.78, 5) is 41.9. The number of nitrogens with zero attached hydrogens (tertiary/aromatic N) is 3. The summed E-state index contributed by atoms with van der Waals surface area (Å²) in [5, 5.41) is 17.4. The Bertz CT molecular complexity index is 1300. The topological polar surface area (TPSA) is 160 Å². The molecule has 2 aliphatic heterocycles. The first kappa shape index (κ1) is 23.7. The number of benzene rings is 2. The molecule has 0 saturated carbocycles. The van der Waals surface area contributed by atoms with Crippen LogP contribution in [0.1, 0.15) is 10.4 Å². The van der Waals surface area contributed by atoms with E-state index in [1.54, 1.807) is 41.3 Å². The van der Waals surface area contributed by atoms with E-state index in [4.69, 9.17) is 19.7 Å². The number of morpholine rings is 2. The Kier molecular flexibility index (Phi) is 6.55. The molecule has 4 N–H and O–H groups in total. The van der Waals surface area contributed by atoms with Gasteiger partial charge >= 0.3 is 0 Å². The van der Waals surface area contributed by atoms with Crippen LogP contribution >= 0.6 is 0 Å². The number of nitrogen functional groups attached to an aromatic ring is 1. The number of ether oxygens (including phenoxy) is 2. The molecule has 12 heteroatoms. The lowest BCUT2D eigenvalue weighted by Crippen LogP contribution is -2.55. The number of hydrogen-bond donors (Lipinski definition) is 3. The second-order valence-corrected chi connectivity index (χ2v) is 8.45. The van der Waals surface area contributed by atoms with Crippen LogP contribution in [0, 0.1) is 0 Å². The van der Waals surface area contributed by atoms with E-state index in [0.29, 0.717) is 54.2 Å². The highest BCUT2D eigenvalue weighted by atomic mass is 16.5. The van der Waals surface area contributed by atoms with Crippen molar-refractivity contribution in [3.63, 3.8) is 0 Å². The maximum absolute atomic E-state index is 13.2. The van der Waals surface area contributed by atoms with Gasteiger partial charge in [0.2, 0.25) is 0 Å². The van der Waals surface area contributed by atoms with Crippen LogP contribution in [-0.2, 0) is 19.1 Å². The van der Waals surface area contributed by atoms with Crippen molar-refractivity contribution in [1.29, 1.82) is 0 Å². The number of hydrogen-bond acceptors (Lipinski definition) is 9. The van der Waals surface area contributed by atoms with Crippen LogP contribution in [0.3, 0.4) is 0 Å². The van der Waals surface area contributed by atoms with Crippen LogP contribution in [0.15, 0.2) is 47.0 Å². The number of fused-ring (bicyclic) bond motifs is 1. The van der Waals surface area contributed by atoms with Crippen molar-refractivity contribution in [3.05, 3.63) is 48.0 Å². The standard InChI is InChI=1S/C24H25N5O7/c25-21-17-5-4-15(13-18(17)36-27-21)26-22(31)19(30)20-24(33)29(8-11-35-20)16-3-1-2-14(12-16)23(32)28-6-9-34-10-7-28/h1-5,12-13,19-20,30H,6-11H2,(H2,25,27)(H,26,31)/t19-,20-/m1/s1. The van der Waals surface area contributed by atoms with Crippen LogP contribution in [-0.4, -0.2) is 84.5 Å². The van der Waals surface area contributed by atoms with Crippen molar-refractivity contribution in [2.75, 3.05) is 55.4 Å². The zero-order chi connectivity index (χ0) is 25.2. The van der Waals surface area contributed by atoms with E-state index in [1.165, 1.54) is 11.0 Å². The van der Waals surface area contributed by atoms with Crippen molar-refractivity contribution in [2.45, 2.75) is 12.2 Å². The van der Waals surface area contributed by atoms with Crippen molar-refractivity contribution >= 4 is 45.9 Å². The molecule has 1 aromatic heterocycles. The number of aliphatic hydroxyl groups excluding tert-OH is 1. The summed E-state index contributed by atoms with van der Waals surface area (Å²) in [5.74, 6) is -1.33. The molecule has 5 rings (SSSR count). The molecule has 3 aromatic rings. The zero-order valence-electron chi connectivity index (χ0n) is 19.3. The van der Waals surface area contributed by atoms with Crippen molar-refractivity contribution in [1.82, 2.24) is 10.1 Å². The van der Waals surface area contributed by atoms with Gasteiger partial charge in [0.25, 0.3) is 17.7 Å². The summed E-state index contributed by atoms with van der Waals surface area (Å²) in [6.45, 7) is 2.28. The lowest BCUT2D eigenvalue weighted by molar-refractivity contribution is -0.150. The van der Waals surface area contributed by atoms with Crippen LogP contribution in [0.25, 0.3) is 11.0 Å². The normalized spacial score (nSPS) is 19.4. The molecule has 2 saturated heterocycles. The minimum absolute atomic E-state index is 0.103. The van der Waals surface area contributed by atoms with Crippen LogP contribution in [0.4, 0.5) is 17.2 Å². The molecule has 36 heavy (non-hydrogen) atoms. The van der Waals surface area contributed by atoms with Gasteiger partial charge in [0.1, 0.15) is 0 Å². The molecule has 188 valence electrons. The average Bonchev–Trinajstić information content (AvgIpc) is 3.28. The molecule has 0 bridgehead atoms. The number of carbonyl (C=O) groups is 3. The third kappa shape index (κ3) is 4.61. The molecular formula is C24H25N5O7. The summed E-state index contributed by atoms with van der Waals surface area (Å²) in [6.07, 6.45) is -3.18. The summed E-state index contributed by atoms with van der Waals surface area (Å²) in [7, 11) is 0. The molecule has 3 heterocycles. The maximum Gasteiger partial charge on any atom is 0.259 e. The first-order valence-corrected chi connectivity index (χ1v) is 11.5. The second-order valence-electron chi connectivity index (χ2n) is 8.45. The Labute approximate surface area is 205 Å². The highest BCUT2D eigenvalue weighted by Gasteiger charge is 2.39. The van der Waals surface area contributed by atoms with Gasteiger partial charge in [-0.3, -0.25) is 14.4 Å². The third-order valence-corrected chi connectivity index (χ3v) is 6.15. The Morgan fingerprint density at radius 2 is 1.92 bits per heavy atom. The molecule has 12 nitrogen and oxygen atoms in total. The molecule has 0 radical (unpaired) electrons. The summed E-state index contributed by atoms with van der Waals surface area (Å²) in [5.41, 5.74) is 7.31.